The number of likely N-dealkylation sites (N-methyl/N-ethyl adjacent to an activating group) is 1. The quantitative estimate of drug-likeness (QED) is 0.579. The standard InChI is InChI=1S/C26H33N3O3/c1-7-27-25(30)20-9-8-18(4)24(14-20)29-16-19(5)22-11-10-21(15-23(22)26(29)31)32-13-12-28(6)17(2)3/h8-11,14-17H,7,12-13H2,1-6H3,(H,27,30). The van der Waals surface area contributed by atoms with E-state index >= 15 is 0 Å². The van der Waals surface area contributed by atoms with Crippen LogP contribution in [-0.2, 0) is 0 Å². The molecule has 1 aromatic heterocycles. The molecule has 3 aromatic rings. The summed E-state index contributed by atoms with van der Waals surface area (Å²) < 4.78 is 7.56. The molecule has 0 saturated carbocycles. The average molecular weight is 436 g/mol. The highest BCUT2D eigenvalue weighted by Gasteiger charge is 2.14. The van der Waals surface area contributed by atoms with E-state index in [0.717, 1.165) is 23.1 Å². The summed E-state index contributed by atoms with van der Waals surface area (Å²) in [6.45, 7) is 12.0. The zero-order valence-corrected chi connectivity index (χ0v) is 19.9. The van der Waals surface area contributed by atoms with E-state index in [1.165, 1.54) is 0 Å². The second-order valence-corrected chi connectivity index (χ2v) is 8.48. The Morgan fingerprint density at radius 1 is 1.09 bits per heavy atom. The number of aromatic nitrogens is 1. The molecule has 170 valence electrons. The van der Waals surface area contributed by atoms with E-state index in [9.17, 15) is 9.59 Å². The minimum Gasteiger partial charge on any atom is -0.492 e. The third kappa shape index (κ3) is 5.02. The first-order valence-corrected chi connectivity index (χ1v) is 11.1. The third-order valence-electron chi connectivity index (χ3n) is 5.85. The Morgan fingerprint density at radius 3 is 2.53 bits per heavy atom. The molecule has 32 heavy (non-hydrogen) atoms. The van der Waals surface area contributed by atoms with Gasteiger partial charge in [0.15, 0.2) is 0 Å². The molecule has 6 heteroatoms. The fourth-order valence-electron chi connectivity index (χ4n) is 3.60. The molecular formula is C26H33N3O3. The number of fused-ring (bicyclic) bond motifs is 1. The second kappa shape index (κ2) is 10.0. The average Bonchev–Trinajstić information content (AvgIpc) is 2.76. The van der Waals surface area contributed by atoms with Crippen molar-refractivity contribution in [2.24, 2.45) is 0 Å². The van der Waals surface area contributed by atoms with Gasteiger partial charge in [0.25, 0.3) is 11.5 Å². The lowest BCUT2D eigenvalue weighted by molar-refractivity contribution is 0.0956. The van der Waals surface area contributed by atoms with Gasteiger partial charge >= 0.3 is 0 Å². The van der Waals surface area contributed by atoms with E-state index in [-0.39, 0.29) is 11.5 Å². The zero-order chi connectivity index (χ0) is 23.4. The van der Waals surface area contributed by atoms with E-state index in [4.69, 9.17) is 4.74 Å². The molecule has 0 atom stereocenters. The Labute approximate surface area is 189 Å². The van der Waals surface area contributed by atoms with E-state index in [2.05, 4.69) is 31.1 Å². The molecule has 0 spiro atoms. The van der Waals surface area contributed by atoms with Crippen LogP contribution in [0.3, 0.4) is 0 Å². The predicted octanol–water partition coefficient (Wildman–Crippen LogP) is 4.08. The molecule has 0 radical (unpaired) electrons. The number of carbonyl (C=O) groups excluding carboxylic acids is 1. The summed E-state index contributed by atoms with van der Waals surface area (Å²) in [6.07, 6.45) is 1.84. The number of amides is 1. The highest BCUT2D eigenvalue weighted by Crippen LogP contribution is 2.23. The number of nitrogens with one attached hydrogen (secondary N) is 1. The Balaban J connectivity index is 2.01. The van der Waals surface area contributed by atoms with Crippen molar-refractivity contribution in [3.63, 3.8) is 0 Å². The molecule has 6 nitrogen and oxygen atoms in total. The summed E-state index contributed by atoms with van der Waals surface area (Å²) in [4.78, 5) is 28.0. The number of nitrogens with zero attached hydrogens (tertiary/aromatic N) is 2. The molecule has 2 aromatic carbocycles. The first-order valence-electron chi connectivity index (χ1n) is 11.1. The highest BCUT2D eigenvalue weighted by atomic mass is 16.5. The maximum Gasteiger partial charge on any atom is 0.263 e. The third-order valence-corrected chi connectivity index (χ3v) is 5.85. The fourth-order valence-corrected chi connectivity index (χ4v) is 3.60. The minimum absolute atomic E-state index is 0.133. The smallest absolute Gasteiger partial charge is 0.263 e. The summed E-state index contributed by atoms with van der Waals surface area (Å²) in [5, 5.41) is 4.31. The molecule has 3 rings (SSSR count). The van der Waals surface area contributed by atoms with Crippen LogP contribution in [0.1, 0.15) is 42.3 Å². The van der Waals surface area contributed by atoms with Crippen molar-refractivity contribution < 1.29 is 9.53 Å². The number of aryl methyl sites for hydroxylation is 2. The normalized spacial score (nSPS) is 11.4. The second-order valence-electron chi connectivity index (χ2n) is 8.48. The van der Waals surface area contributed by atoms with Crippen molar-refractivity contribution in [3.8, 4) is 11.4 Å². The minimum atomic E-state index is -0.152. The van der Waals surface area contributed by atoms with Crippen LogP contribution in [0.25, 0.3) is 16.5 Å². The first-order chi connectivity index (χ1) is 15.2. The largest absolute Gasteiger partial charge is 0.492 e. The lowest BCUT2D eigenvalue weighted by Gasteiger charge is -2.21. The Bertz CT molecular complexity index is 1180. The van der Waals surface area contributed by atoms with Gasteiger partial charge in [-0.1, -0.05) is 12.1 Å². The monoisotopic (exact) mass is 435 g/mol. The highest BCUT2D eigenvalue weighted by molar-refractivity contribution is 5.95. The van der Waals surface area contributed by atoms with Crippen LogP contribution in [0.5, 0.6) is 5.75 Å². The molecule has 1 amide bonds. The Kier molecular flexibility index (Phi) is 7.36. The SMILES string of the molecule is CCNC(=O)c1ccc(C)c(-n2cc(C)c3ccc(OCCN(C)C(C)C)cc3c2=O)c1. The number of hydrogen-bond acceptors (Lipinski definition) is 4. The van der Waals surface area contributed by atoms with Gasteiger partial charge in [0.1, 0.15) is 12.4 Å². The van der Waals surface area contributed by atoms with Crippen LogP contribution in [-0.4, -0.2) is 48.2 Å². The van der Waals surface area contributed by atoms with Crippen LogP contribution in [0.4, 0.5) is 0 Å². The van der Waals surface area contributed by atoms with Crippen LogP contribution >= 0.6 is 0 Å². The summed E-state index contributed by atoms with van der Waals surface area (Å²) in [7, 11) is 2.06. The van der Waals surface area contributed by atoms with Gasteiger partial charge in [-0.3, -0.25) is 14.2 Å². The molecule has 1 N–H and O–H groups in total. The van der Waals surface area contributed by atoms with Gasteiger partial charge in [-0.2, -0.15) is 0 Å². The van der Waals surface area contributed by atoms with Crippen molar-refractivity contribution in [3.05, 3.63) is 69.6 Å². The van der Waals surface area contributed by atoms with Gasteiger partial charge in [-0.25, -0.2) is 0 Å². The summed E-state index contributed by atoms with van der Waals surface area (Å²) >= 11 is 0. The van der Waals surface area contributed by atoms with E-state index in [1.54, 1.807) is 16.7 Å². The van der Waals surface area contributed by atoms with Gasteiger partial charge < -0.3 is 15.0 Å². The number of pyridine rings is 1. The molecule has 0 aliphatic carbocycles. The molecule has 0 bridgehead atoms. The van der Waals surface area contributed by atoms with Crippen molar-refractivity contribution in [1.29, 1.82) is 0 Å². The van der Waals surface area contributed by atoms with Crippen LogP contribution in [0.2, 0.25) is 0 Å². The first kappa shape index (κ1) is 23.5. The summed E-state index contributed by atoms with van der Waals surface area (Å²) in [5.74, 6) is 0.526. The lowest BCUT2D eigenvalue weighted by Crippen LogP contribution is -2.30. The van der Waals surface area contributed by atoms with E-state index in [1.807, 2.05) is 51.2 Å². The Hall–Kier alpha value is -3.12. The maximum absolute atomic E-state index is 13.5. The molecule has 0 aliphatic heterocycles. The fraction of sp³-hybridized carbons (Fsp3) is 0.385. The van der Waals surface area contributed by atoms with E-state index < -0.39 is 0 Å². The number of hydrogen-bond donors (Lipinski definition) is 1. The molecule has 0 aliphatic rings. The van der Waals surface area contributed by atoms with E-state index in [0.29, 0.717) is 41.6 Å². The van der Waals surface area contributed by atoms with Crippen molar-refractivity contribution >= 4 is 16.7 Å². The topological polar surface area (TPSA) is 63.6 Å². The summed E-state index contributed by atoms with van der Waals surface area (Å²) in [6, 6.07) is 11.5. The van der Waals surface area contributed by atoms with Gasteiger partial charge in [-0.15, -0.1) is 0 Å². The van der Waals surface area contributed by atoms with Crippen molar-refractivity contribution in [2.45, 2.75) is 40.7 Å². The van der Waals surface area contributed by atoms with Crippen molar-refractivity contribution in [1.82, 2.24) is 14.8 Å². The molecule has 1 heterocycles. The lowest BCUT2D eigenvalue weighted by atomic mass is 10.1. The van der Waals surface area contributed by atoms with Crippen LogP contribution in [0.15, 0.2) is 47.4 Å². The van der Waals surface area contributed by atoms with Gasteiger partial charge in [-0.05, 0) is 82.4 Å². The number of benzene rings is 2. The number of carbonyl (C=O) groups is 1. The van der Waals surface area contributed by atoms with Crippen LogP contribution in [0, 0.1) is 13.8 Å². The van der Waals surface area contributed by atoms with Crippen LogP contribution < -0.4 is 15.6 Å². The van der Waals surface area contributed by atoms with Gasteiger partial charge in [0.05, 0.1) is 11.1 Å². The number of ether oxygens (including phenoxy) is 1. The molecule has 0 saturated heterocycles. The maximum atomic E-state index is 13.5. The van der Waals surface area contributed by atoms with Crippen molar-refractivity contribution in [2.75, 3.05) is 26.7 Å². The molecule has 0 unspecified atom stereocenters. The number of rotatable bonds is 8. The summed E-state index contributed by atoms with van der Waals surface area (Å²) in [5.41, 5.74) is 3.00. The zero-order valence-electron chi connectivity index (χ0n) is 19.9. The Morgan fingerprint density at radius 2 is 1.84 bits per heavy atom. The predicted molar refractivity (Wildman–Crippen MR) is 130 cm³/mol. The van der Waals surface area contributed by atoms with Gasteiger partial charge in [0, 0.05) is 30.9 Å². The van der Waals surface area contributed by atoms with Gasteiger partial charge in [0.2, 0.25) is 0 Å². The molecule has 0 fully saturated rings. The molecular weight excluding hydrogens is 402 g/mol.